The average Bonchev–Trinajstić information content (AvgIpc) is 2.74. The van der Waals surface area contributed by atoms with E-state index in [1.807, 2.05) is 6.08 Å². The Hall–Kier alpha value is -1.60. The Labute approximate surface area is 550 Å². The van der Waals surface area contributed by atoms with Gasteiger partial charge in [0.2, 0.25) is 5.91 Å². The molecule has 1 amide bonds. The molecular weight excluding hydrogens is 1110 g/mol. The quantitative estimate of drug-likeness (QED) is 0.0195. The van der Waals surface area contributed by atoms with E-state index in [4.69, 9.17) is 14.2 Å². The van der Waals surface area contributed by atoms with Crippen LogP contribution in [-0.2, 0) is 23.8 Å². The summed E-state index contributed by atoms with van der Waals surface area (Å²) in [6, 6.07) is -0.806. The minimum Gasteiger partial charge on any atom is -0.466 e. The van der Waals surface area contributed by atoms with Gasteiger partial charge in [0.1, 0.15) is 24.4 Å². The number of carbonyl (C=O) groups excluding carboxylic acids is 2. The summed E-state index contributed by atoms with van der Waals surface area (Å²) in [5.74, 6) is -0.156. The zero-order valence-electron chi connectivity index (χ0n) is 58.9. The molecule has 0 bridgehead atoms. The van der Waals surface area contributed by atoms with Crippen LogP contribution in [0.4, 0.5) is 0 Å². The highest BCUT2D eigenvalue weighted by atomic mass is 16.7. The Balaban J connectivity index is 1.92. The van der Waals surface area contributed by atoms with Gasteiger partial charge < -0.3 is 45.1 Å². The number of aliphatic hydroxyl groups excluding tert-OH is 5. The maximum Gasteiger partial charge on any atom is 0.305 e. The maximum absolute atomic E-state index is 13.1. The number of allylic oxidation sites excluding steroid dienone is 1. The van der Waals surface area contributed by atoms with E-state index in [-0.39, 0.29) is 18.5 Å². The number of esters is 1. The van der Waals surface area contributed by atoms with E-state index in [2.05, 4.69) is 19.2 Å². The highest BCUT2D eigenvalue weighted by Crippen LogP contribution is 2.24. The summed E-state index contributed by atoms with van der Waals surface area (Å²) < 4.78 is 16.8. The summed E-state index contributed by atoms with van der Waals surface area (Å²) in [6.45, 7) is 4.41. The first kappa shape index (κ1) is 85.4. The Morgan fingerprint density at radius 2 is 0.708 bits per heavy atom. The Morgan fingerprint density at radius 3 is 1.04 bits per heavy atom. The zero-order valence-corrected chi connectivity index (χ0v) is 58.9. The van der Waals surface area contributed by atoms with Crippen molar-refractivity contribution < 1.29 is 49.3 Å². The normalized spacial score (nSPS) is 17.7. The van der Waals surface area contributed by atoms with Crippen LogP contribution < -0.4 is 5.32 Å². The van der Waals surface area contributed by atoms with Gasteiger partial charge in [0, 0.05) is 12.8 Å². The molecule has 0 aromatic carbocycles. The van der Waals surface area contributed by atoms with Gasteiger partial charge in [-0.05, 0) is 32.1 Å². The molecule has 528 valence electrons. The van der Waals surface area contributed by atoms with Crippen molar-refractivity contribution >= 4 is 11.9 Å². The lowest BCUT2D eigenvalue weighted by molar-refractivity contribution is -0.302. The molecule has 1 rings (SSSR count). The van der Waals surface area contributed by atoms with Crippen molar-refractivity contribution in [3.05, 3.63) is 12.2 Å². The fraction of sp³-hybridized carbons (Fsp3) is 0.949. The molecule has 0 aromatic heterocycles. The van der Waals surface area contributed by atoms with Gasteiger partial charge in [-0.25, -0.2) is 0 Å². The molecule has 1 saturated heterocycles. The monoisotopic (exact) mass is 1260 g/mol. The van der Waals surface area contributed by atoms with Crippen LogP contribution in [0.1, 0.15) is 412 Å². The molecular formula is C78H151NO10. The van der Waals surface area contributed by atoms with Crippen molar-refractivity contribution in [1.29, 1.82) is 0 Å². The second-order valence-corrected chi connectivity index (χ2v) is 27.8. The number of amides is 1. The lowest BCUT2D eigenvalue weighted by Crippen LogP contribution is -2.60. The van der Waals surface area contributed by atoms with E-state index in [0.717, 1.165) is 51.4 Å². The van der Waals surface area contributed by atoms with Crippen LogP contribution >= 0.6 is 0 Å². The van der Waals surface area contributed by atoms with E-state index >= 15 is 0 Å². The molecule has 89 heavy (non-hydrogen) atoms. The SMILES string of the molecule is CCCCCCCCCCCCCCC/C=C/C(O)C(COC1OC(CO)C(O)C(O)C1O)NC(=O)CCCCCCCCCCCCCCCCCCCCCCCCCCCCCCCCCCCCCOC(=O)CCCCCCCCCCCCC. The molecule has 0 radical (unpaired) electrons. The molecule has 11 heteroatoms. The predicted octanol–water partition coefficient (Wildman–Crippen LogP) is 21.0. The van der Waals surface area contributed by atoms with Gasteiger partial charge in [0.05, 0.1) is 32.0 Å². The lowest BCUT2D eigenvalue weighted by atomic mass is 9.99. The molecule has 1 aliphatic heterocycles. The van der Waals surface area contributed by atoms with Crippen molar-refractivity contribution in [2.45, 2.75) is 455 Å². The topological polar surface area (TPSA) is 175 Å². The fourth-order valence-electron chi connectivity index (χ4n) is 13.0. The third kappa shape index (κ3) is 56.5. The van der Waals surface area contributed by atoms with Crippen molar-refractivity contribution in [2.75, 3.05) is 19.8 Å². The summed E-state index contributed by atoms with van der Waals surface area (Å²) in [4.78, 5) is 25.1. The van der Waals surface area contributed by atoms with E-state index in [1.54, 1.807) is 6.08 Å². The van der Waals surface area contributed by atoms with Crippen LogP contribution in [0.3, 0.4) is 0 Å². The van der Waals surface area contributed by atoms with Gasteiger partial charge >= 0.3 is 5.97 Å². The first-order chi connectivity index (χ1) is 43.7. The number of hydrogen-bond donors (Lipinski definition) is 6. The standard InChI is InChI=1S/C78H151NO10/c1-3-5-7-9-11-13-15-16-38-41-45-48-52-56-60-64-71(81)70(69-88-78-77(86)76(85)75(84)72(68-80)89-78)79-73(82)65-61-57-53-49-46-42-39-36-34-32-30-28-26-24-22-20-18-17-19-21-23-25-27-29-31-33-35-37-40-43-47-51-55-59-63-67-87-74(83)66-62-58-54-50-44-14-12-10-8-6-4-2/h60,64,70-72,75-78,80-81,84-86H,3-59,61-63,65-69H2,1-2H3,(H,79,82)/b64-60+. The first-order valence-electron chi connectivity index (χ1n) is 39.5. The molecule has 1 heterocycles. The summed E-state index contributed by atoms with van der Waals surface area (Å²) >= 11 is 0. The molecule has 0 aliphatic carbocycles. The third-order valence-electron chi connectivity index (χ3n) is 19.2. The maximum atomic E-state index is 13.1. The van der Waals surface area contributed by atoms with Crippen molar-refractivity contribution in [3.8, 4) is 0 Å². The molecule has 6 N–H and O–H groups in total. The van der Waals surface area contributed by atoms with Crippen molar-refractivity contribution in [2.24, 2.45) is 0 Å². The average molecular weight is 1260 g/mol. The molecule has 1 fully saturated rings. The lowest BCUT2D eigenvalue weighted by Gasteiger charge is -2.40. The predicted molar refractivity (Wildman–Crippen MR) is 375 cm³/mol. The van der Waals surface area contributed by atoms with E-state index in [9.17, 15) is 35.1 Å². The Morgan fingerprint density at radius 1 is 0.404 bits per heavy atom. The van der Waals surface area contributed by atoms with Gasteiger partial charge in [0.25, 0.3) is 0 Å². The summed E-state index contributed by atoms with van der Waals surface area (Å²) in [6.07, 6.45) is 75.2. The smallest absolute Gasteiger partial charge is 0.305 e. The molecule has 1 aliphatic rings. The molecule has 0 aromatic rings. The number of carbonyl (C=O) groups is 2. The second-order valence-electron chi connectivity index (χ2n) is 27.8. The van der Waals surface area contributed by atoms with Crippen LogP contribution in [0.2, 0.25) is 0 Å². The van der Waals surface area contributed by atoms with Crippen LogP contribution in [-0.4, -0.2) is 100 Å². The molecule has 0 spiro atoms. The van der Waals surface area contributed by atoms with Gasteiger partial charge in [0.15, 0.2) is 6.29 Å². The number of hydrogen-bond acceptors (Lipinski definition) is 10. The number of ether oxygens (including phenoxy) is 3. The Kier molecular flexibility index (Phi) is 65.1. The fourth-order valence-corrected chi connectivity index (χ4v) is 13.0. The van der Waals surface area contributed by atoms with Crippen LogP contribution in [0.5, 0.6) is 0 Å². The molecule has 0 saturated carbocycles. The van der Waals surface area contributed by atoms with Crippen LogP contribution in [0.15, 0.2) is 12.2 Å². The van der Waals surface area contributed by atoms with Gasteiger partial charge in [-0.1, -0.05) is 379 Å². The molecule has 7 unspecified atom stereocenters. The van der Waals surface area contributed by atoms with E-state index in [1.165, 1.54) is 334 Å². The third-order valence-corrected chi connectivity index (χ3v) is 19.2. The van der Waals surface area contributed by atoms with Gasteiger partial charge in [-0.2, -0.15) is 0 Å². The second kappa shape index (κ2) is 67.8. The number of aliphatic hydroxyl groups is 5. The van der Waals surface area contributed by atoms with Crippen LogP contribution in [0, 0.1) is 0 Å². The van der Waals surface area contributed by atoms with Crippen molar-refractivity contribution in [3.63, 3.8) is 0 Å². The van der Waals surface area contributed by atoms with Gasteiger partial charge in [-0.15, -0.1) is 0 Å². The van der Waals surface area contributed by atoms with E-state index in [0.29, 0.717) is 19.4 Å². The van der Waals surface area contributed by atoms with Crippen LogP contribution in [0.25, 0.3) is 0 Å². The highest BCUT2D eigenvalue weighted by Gasteiger charge is 2.44. The minimum absolute atomic E-state index is 0.0166. The number of unbranched alkanes of at least 4 members (excludes halogenated alkanes) is 57. The van der Waals surface area contributed by atoms with Crippen molar-refractivity contribution in [1.82, 2.24) is 5.32 Å². The van der Waals surface area contributed by atoms with Gasteiger partial charge in [-0.3, -0.25) is 9.59 Å². The summed E-state index contributed by atoms with van der Waals surface area (Å²) in [5, 5.41) is 54.6. The number of rotatable bonds is 71. The largest absolute Gasteiger partial charge is 0.466 e. The first-order valence-corrected chi connectivity index (χ1v) is 39.5. The Bertz CT molecular complexity index is 1480. The summed E-state index contributed by atoms with van der Waals surface area (Å²) in [7, 11) is 0. The zero-order chi connectivity index (χ0) is 64.4. The molecule has 7 atom stereocenters. The highest BCUT2D eigenvalue weighted by molar-refractivity contribution is 5.76. The molecule has 11 nitrogen and oxygen atoms in total. The minimum atomic E-state index is -1.57. The summed E-state index contributed by atoms with van der Waals surface area (Å²) in [5.41, 5.74) is 0. The number of nitrogens with one attached hydrogen (secondary N) is 1. The van der Waals surface area contributed by atoms with E-state index < -0.39 is 49.5 Å².